The van der Waals surface area contributed by atoms with Gasteiger partial charge in [0.1, 0.15) is 5.82 Å². The second-order valence-electron chi connectivity index (χ2n) is 4.72. The van der Waals surface area contributed by atoms with Crippen molar-refractivity contribution in [1.29, 1.82) is 0 Å². The molecule has 1 N–H and O–H groups in total. The van der Waals surface area contributed by atoms with Crippen molar-refractivity contribution in [3.63, 3.8) is 0 Å². The molecule has 17 heavy (non-hydrogen) atoms. The molecule has 1 aliphatic carbocycles. The molecule has 1 aliphatic rings. The van der Waals surface area contributed by atoms with Crippen molar-refractivity contribution in [1.82, 2.24) is 0 Å². The fourth-order valence-corrected chi connectivity index (χ4v) is 2.40. The minimum atomic E-state index is -0.557. The lowest BCUT2D eigenvalue weighted by Gasteiger charge is -2.36. The predicted octanol–water partition coefficient (Wildman–Crippen LogP) is 3.06. The predicted molar refractivity (Wildman–Crippen MR) is 64.1 cm³/mol. The van der Waals surface area contributed by atoms with Gasteiger partial charge < -0.3 is 9.84 Å². The van der Waals surface area contributed by atoms with E-state index in [2.05, 4.69) is 0 Å². The lowest BCUT2D eigenvalue weighted by Crippen LogP contribution is -2.32. The fraction of sp³-hybridized carbons (Fsp3) is 0.571. The highest BCUT2D eigenvalue weighted by Crippen LogP contribution is 2.36. The second-order valence-corrected chi connectivity index (χ2v) is 4.72. The topological polar surface area (TPSA) is 29.5 Å². The maximum absolute atomic E-state index is 13.0. The fourth-order valence-electron chi connectivity index (χ4n) is 2.40. The Morgan fingerprint density at radius 1 is 1.47 bits per heavy atom. The van der Waals surface area contributed by atoms with Gasteiger partial charge >= 0.3 is 0 Å². The number of hydrogen-bond donors (Lipinski definition) is 1. The van der Waals surface area contributed by atoms with Crippen molar-refractivity contribution in [2.75, 3.05) is 6.61 Å². The van der Waals surface area contributed by atoms with E-state index in [9.17, 15) is 9.50 Å². The molecular formula is C14H19FO2. The quantitative estimate of drug-likeness (QED) is 0.854. The van der Waals surface area contributed by atoms with E-state index in [1.165, 1.54) is 12.1 Å². The zero-order valence-electron chi connectivity index (χ0n) is 10.1. The van der Waals surface area contributed by atoms with Gasteiger partial charge in [-0.15, -0.1) is 0 Å². The summed E-state index contributed by atoms with van der Waals surface area (Å²) < 4.78 is 18.5. The average molecular weight is 238 g/mol. The van der Waals surface area contributed by atoms with E-state index in [0.717, 1.165) is 19.4 Å². The van der Waals surface area contributed by atoms with Gasteiger partial charge in [0, 0.05) is 6.61 Å². The van der Waals surface area contributed by atoms with Gasteiger partial charge in [0.2, 0.25) is 0 Å². The first-order valence-electron chi connectivity index (χ1n) is 6.24. The summed E-state index contributed by atoms with van der Waals surface area (Å²) in [7, 11) is 0. The normalized spacial score (nSPS) is 25.4. The molecule has 1 fully saturated rings. The highest BCUT2D eigenvalue weighted by molar-refractivity contribution is 5.18. The van der Waals surface area contributed by atoms with Gasteiger partial charge in [0.05, 0.1) is 12.2 Å². The van der Waals surface area contributed by atoms with Crippen LogP contribution in [0.5, 0.6) is 0 Å². The van der Waals surface area contributed by atoms with Crippen molar-refractivity contribution in [3.05, 3.63) is 35.6 Å². The third kappa shape index (κ3) is 3.27. The number of hydrogen-bond acceptors (Lipinski definition) is 2. The van der Waals surface area contributed by atoms with Gasteiger partial charge in [-0.25, -0.2) is 4.39 Å². The molecule has 2 nitrogen and oxygen atoms in total. The summed E-state index contributed by atoms with van der Waals surface area (Å²) in [6.07, 6.45) is 2.54. The first kappa shape index (κ1) is 12.5. The molecule has 3 heteroatoms. The first-order valence-corrected chi connectivity index (χ1v) is 6.24. The van der Waals surface area contributed by atoms with Crippen LogP contribution in [-0.2, 0) is 4.74 Å². The number of rotatable bonds is 5. The number of ether oxygens (including phenoxy) is 1. The lowest BCUT2D eigenvalue weighted by atomic mass is 9.78. The zero-order valence-corrected chi connectivity index (χ0v) is 10.1. The molecule has 0 amide bonds. The van der Waals surface area contributed by atoms with Crippen LogP contribution in [0.1, 0.15) is 37.9 Å². The minimum absolute atomic E-state index is 0.289. The maximum Gasteiger partial charge on any atom is 0.123 e. The number of aliphatic hydroxyl groups excluding tert-OH is 1. The minimum Gasteiger partial charge on any atom is -0.388 e. The van der Waals surface area contributed by atoms with Gasteiger partial charge in [-0.05, 0) is 49.8 Å². The Morgan fingerprint density at radius 2 is 2.24 bits per heavy atom. The summed E-state index contributed by atoms with van der Waals surface area (Å²) in [5, 5.41) is 9.99. The molecule has 1 atom stereocenters. The largest absolute Gasteiger partial charge is 0.388 e. The van der Waals surface area contributed by atoms with Gasteiger partial charge in [-0.2, -0.15) is 0 Å². The van der Waals surface area contributed by atoms with Crippen LogP contribution in [0.2, 0.25) is 0 Å². The molecule has 2 rings (SSSR count). The first-order chi connectivity index (χ1) is 8.19. The molecule has 1 aromatic carbocycles. The monoisotopic (exact) mass is 238 g/mol. The number of aliphatic hydroxyl groups is 1. The van der Waals surface area contributed by atoms with E-state index in [-0.39, 0.29) is 5.82 Å². The second kappa shape index (κ2) is 5.61. The van der Waals surface area contributed by atoms with Crippen molar-refractivity contribution in [2.45, 2.75) is 38.4 Å². The van der Waals surface area contributed by atoms with Gasteiger partial charge in [0.25, 0.3) is 0 Å². The van der Waals surface area contributed by atoms with Crippen molar-refractivity contribution >= 4 is 0 Å². The van der Waals surface area contributed by atoms with E-state index >= 15 is 0 Å². The molecular weight excluding hydrogens is 219 g/mol. The summed E-state index contributed by atoms with van der Waals surface area (Å²) in [6.45, 7) is 2.75. The maximum atomic E-state index is 13.0. The average Bonchev–Trinajstić information content (AvgIpc) is 2.26. The molecule has 1 aromatic rings. The standard InChI is InChI=1S/C14H19FO2/c1-2-17-13-6-10(7-13)8-14(16)11-4-3-5-12(15)9-11/h3-5,9-10,13-14,16H,2,6-8H2,1H3. The Labute approximate surface area is 101 Å². The van der Waals surface area contributed by atoms with Crippen LogP contribution in [0.3, 0.4) is 0 Å². The molecule has 0 spiro atoms. The summed E-state index contributed by atoms with van der Waals surface area (Å²) in [6, 6.07) is 6.21. The molecule has 0 aliphatic heterocycles. The Morgan fingerprint density at radius 3 is 2.88 bits per heavy atom. The van der Waals surface area contributed by atoms with Crippen LogP contribution in [0, 0.1) is 11.7 Å². The van der Waals surface area contributed by atoms with E-state index in [1.807, 2.05) is 6.92 Å². The van der Waals surface area contributed by atoms with Crippen molar-refractivity contribution in [2.24, 2.45) is 5.92 Å². The van der Waals surface area contributed by atoms with Crippen LogP contribution < -0.4 is 0 Å². The SMILES string of the molecule is CCOC1CC(CC(O)c2cccc(F)c2)C1. The molecule has 1 unspecified atom stereocenters. The Hall–Kier alpha value is -0.930. The molecule has 94 valence electrons. The van der Waals surface area contributed by atoms with Crippen LogP contribution in [-0.4, -0.2) is 17.8 Å². The Kier molecular flexibility index (Phi) is 4.13. The zero-order chi connectivity index (χ0) is 12.3. The van der Waals surface area contributed by atoms with E-state index in [0.29, 0.717) is 24.0 Å². The molecule has 0 aromatic heterocycles. The Balaban J connectivity index is 1.80. The van der Waals surface area contributed by atoms with E-state index < -0.39 is 6.10 Å². The number of benzene rings is 1. The van der Waals surface area contributed by atoms with E-state index in [1.54, 1.807) is 12.1 Å². The summed E-state index contributed by atoms with van der Waals surface area (Å²) in [5.41, 5.74) is 0.671. The smallest absolute Gasteiger partial charge is 0.123 e. The third-order valence-corrected chi connectivity index (χ3v) is 3.38. The van der Waals surface area contributed by atoms with Crippen LogP contribution in [0.15, 0.2) is 24.3 Å². The third-order valence-electron chi connectivity index (χ3n) is 3.38. The highest BCUT2D eigenvalue weighted by Gasteiger charge is 2.31. The van der Waals surface area contributed by atoms with Gasteiger partial charge in [-0.1, -0.05) is 12.1 Å². The van der Waals surface area contributed by atoms with Gasteiger partial charge in [0.15, 0.2) is 0 Å². The highest BCUT2D eigenvalue weighted by atomic mass is 19.1. The summed E-state index contributed by atoms with van der Waals surface area (Å²) in [5.74, 6) is 0.215. The molecule has 0 bridgehead atoms. The van der Waals surface area contributed by atoms with Crippen LogP contribution in [0.25, 0.3) is 0 Å². The van der Waals surface area contributed by atoms with Crippen molar-refractivity contribution in [3.8, 4) is 0 Å². The summed E-state index contributed by atoms with van der Waals surface area (Å²) in [4.78, 5) is 0. The Bertz CT molecular complexity index is 361. The van der Waals surface area contributed by atoms with Crippen LogP contribution in [0.4, 0.5) is 4.39 Å². The molecule has 0 radical (unpaired) electrons. The molecule has 0 heterocycles. The van der Waals surface area contributed by atoms with E-state index in [4.69, 9.17) is 4.74 Å². The molecule has 0 saturated heterocycles. The van der Waals surface area contributed by atoms with Gasteiger partial charge in [-0.3, -0.25) is 0 Å². The lowest BCUT2D eigenvalue weighted by molar-refractivity contribution is -0.0380. The molecule has 1 saturated carbocycles. The number of halogens is 1. The summed E-state index contributed by atoms with van der Waals surface area (Å²) >= 11 is 0. The van der Waals surface area contributed by atoms with Crippen LogP contribution >= 0.6 is 0 Å². The van der Waals surface area contributed by atoms with Crippen molar-refractivity contribution < 1.29 is 14.2 Å².